The quantitative estimate of drug-likeness (QED) is 0.742. The van der Waals surface area contributed by atoms with Crippen LogP contribution in [0.5, 0.6) is 0 Å². The number of carbonyl (C=O) groups excluding carboxylic acids is 1. The van der Waals surface area contributed by atoms with Gasteiger partial charge in [-0.25, -0.2) is 17.5 Å². The van der Waals surface area contributed by atoms with Crippen LogP contribution in [0.3, 0.4) is 0 Å². The van der Waals surface area contributed by atoms with Gasteiger partial charge in [-0.15, -0.1) is 0 Å². The Bertz CT molecular complexity index is 668. The van der Waals surface area contributed by atoms with E-state index in [1.807, 2.05) is 0 Å². The summed E-state index contributed by atoms with van der Waals surface area (Å²) < 4.78 is 40.6. The lowest BCUT2D eigenvalue weighted by Gasteiger charge is -2.26. The topological polar surface area (TPSA) is 75.3 Å². The van der Waals surface area contributed by atoms with Crippen LogP contribution in [0.25, 0.3) is 0 Å². The fourth-order valence-corrected chi connectivity index (χ4v) is 4.60. The van der Waals surface area contributed by atoms with Crippen LogP contribution < -0.4 is 10.0 Å². The number of amides is 1. The molecule has 1 aliphatic carbocycles. The molecule has 24 heavy (non-hydrogen) atoms. The Morgan fingerprint density at radius 3 is 2.54 bits per heavy atom. The SMILES string of the molecule is CC1CCC(NS(=O)(=O)CC(=O)NCc2cc(F)cc(Br)c2)CC1. The average Bonchev–Trinajstić information content (AvgIpc) is 2.46. The molecule has 1 aliphatic rings. The van der Waals surface area contributed by atoms with Crippen LogP contribution in [0.2, 0.25) is 0 Å². The zero-order valence-electron chi connectivity index (χ0n) is 13.5. The van der Waals surface area contributed by atoms with Crippen LogP contribution in [0.4, 0.5) is 4.39 Å². The molecule has 0 heterocycles. The Morgan fingerprint density at radius 1 is 1.25 bits per heavy atom. The van der Waals surface area contributed by atoms with Crippen molar-refractivity contribution in [2.45, 2.75) is 45.2 Å². The second kappa shape index (κ2) is 8.40. The molecule has 5 nitrogen and oxygen atoms in total. The van der Waals surface area contributed by atoms with E-state index >= 15 is 0 Å². The van der Waals surface area contributed by atoms with E-state index in [-0.39, 0.29) is 12.6 Å². The predicted molar refractivity (Wildman–Crippen MR) is 94.3 cm³/mol. The number of sulfonamides is 1. The Labute approximate surface area is 150 Å². The lowest BCUT2D eigenvalue weighted by molar-refractivity contribution is -0.118. The molecule has 0 atom stereocenters. The summed E-state index contributed by atoms with van der Waals surface area (Å²) in [6, 6.07) is 4.18. The van der Waals surface area contributed by atoms with Crippen molar-refractivity contribution in [1.29, 1.82) is 0 Å². The van der Waals surface area contributed by atoms with E-state index in [9.17, 15) is 17.6 Å². The molecule has 0 aliphatic heterocycles. The van der Waals surface area contributed by atoms with Gasteiger partial charge in [0.1, 0.15) is 11.6 Å². The van der Waals surface area contributed by atoms with Crippen LogP contribution in [0.15, 0.2) is 22.7 Å². The van der Waals surface area contributed by atoms with Crippen LogP contribution in [0.1, 0.15) is 38.2 Å². The maximum absolute atomic E-state index is 13.3. The van der Waals surface area contributed by atoms with E-state index in [4.69, 9.17) is 0 Å². The number of nitrogens with one attached hydrogen (secondary N) is 2. The first-order chi connectivity index (χ1) is 11.2. The van der Waals surface area contributed by atoms with Gasteiger partial charge in [0, 0.05) is 17.1 Å². The van der Waals surface area contributed by atoms with E-state index in [0.717, 1.165) is 25.7 Å². The highest BCUT2D eigenvalue weighted by atomic mass is 79.9. The van der Waals surface area contributed by atoms with Crippen molar-refractivity contribution in [3.8, 4) is 0 Å². The van der Waals surface area contributed by atoms with Gasteiger partial charge in [-0.05, 0) is 55.4 Å². The highest BCUT2D eigenvalue weighted by Crippen LogP contribution is 2.23. The summed E-state index contributed by atoms with van der Waals surface area (Å²) in [5.41, 5.74) is 0.557. The minimum absolute atomic E-state index is 0.0751. The molecular formula is C16H22BrFN2O3S. The molecule has 134 valence electrons. The molecule has 1 aromatic carbocycles. The van der Waals surface area contributed by atoms with E-state index in [2.05, 4.69) is 32.9 Å². The third-order valence-corrected chi connectivity index (χ3v) is 5.89. The standard InChI is InChI=1S/C16H22BrFN2O3S/c1-11-2-4-15(5-3-11)20-24(22,23)10-16(21)19-9-12-6-13(17)8-14(18)7-12/h6-8,11,15,20H,2-5,9-10H2,1H3,(H,19,21). The predicted octanol–water partition coefficient (Wildman–Crippen LogP) is 2.70. The summed E-state index contributed by atoms with van der Waals surface area (Å²) in [5.74, 6) is -1.02. The van der Waals surface area contributed by atoms with Crippen molar-refractivity contribution >= 4 is 31.9 Å². The minimum atomic E-state index is -3.66. The average molecular weight is 421 g/mol. The number of hydrogen-bond donors (Lipinski definition) is 2. The van der Waals surface area contributed by atoms with Gasteiger partial charge in [0.25, 0.3) is 0 Å². The number of carbonyl (C=O) groups is 1. The highest BCUT2D eigenvalue weighted by Gasteiger charge is 2.24. The molecule has 2 rings (SSSR count). The monoisotopic (exact) mass is 420 g/mol. The van der Waals surface area contributed by atoms with Crippen molar-refractivity contribution in [2.24, 2.45) is 5.92 Å². The minimum Gasteiger partial charge on any atom is -0.351 e. The fourth-order valence-electron chi connectivity index (χ4n) is 2.81. The third kappa shape index (κ3) is 6.49. The molecule has 1 amide bonds. The van der Waals surface area contributed by atoms with Crippen molar-refractivity contribution in [3.63, 3.8) is 0 Å². The van der Waals surface area contributed by atoms with Crippen LogP contribution in [-0.2, 0) is 21.4 Å². The molecule has 0 unspecified atom stereocenters. The molecule has 0 radical (unpaired) electrons. The fraction of sp³-hybridized carbons (Fsp3) is 0.562. The maximum atomic E-state index is 13.3. The second-order valence-corrected chi connectivity index (χ2v) is 9.06. The van der Waals surface area contributed by atoms with Gasteiger partial charge in [0.2, 0.25) is 15.9 Å². The normalized spacial score (nSPS) is 21.5. The molecular weight excluding hydrogens is 399 g/mol. The van der Waals surface area contributed by atoms with Gasteiger partial charge in [-0.2, -0.15) is 0 Å². The summed E-state index contributed by atoms with van der Waals surface area (Å²) in [7, 11) is -3.66. The summed E-state index contributed by atoms with van der Waals surface area (Å²) in [5, 5.41) is 2.51. The Morgan fingerprint density at radius 2 is 1.92 bits per heavy atom. The van der Waals surface area contributed by atoms with Crippen LogP contribution >= 0.6 is 15.9 Å². The largest absolute Gasteiger partial charge is 0.351 e. The van der Waals surface area contributed by atoms with Gasteiger partial charge in [0.15, 0.2) is 0 Å². The highest BCUT2D eigenvalue weighted by molar-refractivity contribution is 9.10. The number of benzene rings is 1. The number of halogens is 2. The third-order valence-electron chi connectivity index (χ3n) is 4.10. The molecule has 0 saturated heterocycles. The molecule has 1 aromatic rings. The zero-order valence-corrected chi connectivity index (χ0v) is 15.9. The molecule has 8 heteroatoms. The molecule has 2 N–H and O–H groups in total. The Balaban J connectivity index is 1.82. The van der Waals surface area contributed by atoms with Crippen molar-refractivity contribution < 1.29 is 17.6 Å². The molecule has 0 bridgehead atoms. The second-order valence-electron chi connectivity index (χ2n) is 6.39. The molecule has 1 saturated carbocycles. The smallest absolute Gasteiger partial charge is 0.236 e. The number of hydrogen-bond acceptors (Lipinski definition) is 3. The van der Waals surface area contributed by atoms with Gasteiger partial charge in [0.05, 0.1) is 0 Å². The Hall–Kier alpha value is -0.990. The van der Waals surface area contributed by atoms with E-state index in [1.54, 1.807) is 6.07 Å². The van der Waals surface area contributed by atoms with Gasteiger partial charge in [-0.1, -0.05) is 22.9 Å². The summed E-state index contributed by atoms with van der Waals surface area (Å²) in [6.07, 6.45) is 3.60. The van der Waals surface area contributed by atoms with Gasteiger partial charge < -0.3 is 5.32 Å². The summed E-state index contributed by atoms with van der Waals surface area (Å²) in [6.45, 7) is 2.23. The first-order valence-electron chi connectivity index (χ1n) is 7.95. The molecule has 0 spiro atoms. The van der Waals surface area contributed by atoms with Crippen LogP contribution in [0, 0.1) is 11.7 Å². The van der Waals surface area contributed by atoms with Gasteiger partial charge in [-0.3, -0.25) is 4.79 Å². The zero-order chi connectivity index (χ0) is 17.7. The molecule has 1 fully saturated rings. The Kier molecular flexibility index (Phi) is 6.77. The first kappa shape index (κ1) is 19.3. The summed E-state index contributed by atoms with van der Waals surface area (Å²) in [4.78, 5) is 11.9. The van der Waals surface area contributed by atoms with E-state index in [1.165, 1.54) is 12.1 Å². The van der Waals surface area contributed by atoms with E-state index in [0.29, 0.717) is 16.0 Å². The maximum Gasteiger partial charge on any atom is 0.236 e. The van der Waals surface area contributed by atoms with Crippen molar-refractivity contribution in [3.05, 3.63) is 34.1 Å². The first-order valence-corrected chi connectivity index (χ1v) is 10.4. The molecule has 0 aromatic heterocycles. The van der Waals surface area contributed by atoms with Crippen LogP contribution in [-0.4, -0.2) is 26.1 Å². The van der Waals surface area contributed by atoms with Crippen molar-refractivity contribution in [2.75, 3.05) is 5.75 Å². The lowest BCUT2D eigenvalue weighted by Crippen LogP contribution is -2.42. The lowest BCUT2D eigenvalue weighted by atomic mass is 9.88. The summed E-state index contributed by atoms with van der Waals surface area (Å²) >= 11 is 3.17. The number of rotatable bonds is 6. The van der Waals surface area contributed by atoms with Crippen molar-refractivity contribution in [1.82, 2.24) is 10.0 Å². The van der Waals surface area contributed by atoms with Gasteiger partial charge >= 0.3 is 0 Å². The van der Waals surface area contributed by atoms with E-state index < -0.39 is 27.5 Å².